The van der Waals surface area contributed by atoms with Gasteiger partial charge in [0.25, 0.3) is 0 Å². The Morgan fingerprint density at radius 1 is 1.05 bits per heavy atom. The minimum absolute atomic E-state index is 0.221. The third kappa shape index (κ3) is 6.42. The van der Waals surface area contributed by atoms with E-state index in [-0.39, 0.29) is 5.75 Å². The largest absolute Gasteiger partial charge is 0.294 e. The van der Waals surface area contributed by atoms with Crippen LogP contribution in [0, 0.1) is 11.3 Å². The van der Waals surface area contributed by atoms with Gasteiger partial charge in [0.2, 0.25) is 0 Å². The van der Waals surface area contributed by atoms with Gasteiger partial charge in [-0.2, -0.15) is 0 Å². The van der Waals surface area contributed by atoms with Crippen molar-refractivity contribution < 1.29 is 9.47 Å². The topological polar surface area (TPSA) is 9.23 Å². The van der Waals surface area contributed by atoms with Crippen molar-refractivity contribution in [1.82, 2.24) is 0 Å². The van der Waals surface area contributed by atoms with Crippen LogP contribution in [0.4, 0.5) is 4.53 Å². The monoisotopic (exact) mass is 330 g/mol. The van der Waals surface area contributed by atoms with Crippen LogP contribution in [0.3, 0.4) is 0 Å². The van der Waals surface area contributed by atoms with Gasteiger partial charge in [0.1, 0.15) is 0 Å². The minimum atomic E-state index is 0.221. The highest BCUT2D eigenvalue weighted by atomic mass is 79.9. The summed E-state index contributed by atoms with van der Waals surface area (Å²) in [5, 5.41) is 0. The summed E-state index contributed by atoms with van der Waals surface area (Å²) in [4.78, 5) is 3.45. The highest BCUT2D eigenvalue weighted by molar-refractivity contribution is 9.10. The Bertz CT molecular complexity index is 350. The molecule has 0 unspecified atom stereocenters. The van der Waals surface area contributed by atoms with E-state index in [2.05, 4.69) is 41.6 Å². The standard InChI is InChI=1S/C10H20.C6H4BrFO/c1-10(2,3)9-7-5-4-6-8-9;7-5-1-3-6(9-8)4-2-5/h9H,4-8H2,1-3H3;1-4H. The van der Waals surface area contributed by atoms with Crippen LogP contribution in [0.25, 0.3) is 0 Å². The molecule has 108 valence electrons. The van der Waals surface area contributed by atoms with Crippen LogP contribution in [-0.4, -0.2) is 0 Å². The number of hydrogen-bond donors (Lipinski definition) is 0. The summed E-state index contributed by atoms with van der Waals surface area (Å²) in [5.41, 5.74) is 0.570. The van der Waals surface area contributed by atoms with Crippen molar-refractivity contribution in [3.8, 4) is 5.75 Å². The maximum Gasteiger partial charge on any atom is 0.171 e. The first-order valence-corrected chi connectivity index (χ1v) is 7.77. The first-order chi connectivity index (χ1) is 8.93. The van der Waals surface area contributed by atoms with Crippen LogP contribution in [0.15, 0.2) is 28.7 Å². The van der Waals surface area contributed by atoms with Crippen LogP contribution < -0.4 is 4.94 Å². The van der Waals surface area contributed by atoms with Gasteiger partial charge in [-0.05, 0) is 48.4 Å². The van der Waals surface area contributed by atoms with Gasteiger partial charge >= 0.3 is 0 Å². The Labute approximate surface area is 124 Å². The molecular weight excluding hydrogens is 307 g/mol. The van der Waals surface area contributed by atoms with E-state index < -0.39 is 0 Å². The second-order valence-corrected chi connectivity index (χ2v) is 7.15. The summed E-state index contributed by atoms with van der Waals surface area (Å²) in [6, 6.07) is 6.47. The molecular formula is C16H24BrFO. The smallest absolute Gasteiger partial charge is 0.171 e. The molecule has 0 N–H and O–H groups in total. The maximum absolute atomic E-state index is 11.3. The molecule has 0 saturated heterocycles. The van der Waals surface area contributed by atoms with E-state index in [1.165, 1.54) is 44.2 Å². The number of halogens is 2. The highest BCUT2D eigenvalue weighted by Crippen LogP contribution is 2.37. The van der Waals surface area contributed by atoms with Crippen molar-refractivity contribution in [3.05, 3.63) is 28.7 Å². The van der Waals surface area contributed by atoms with Crippen LogP contribution in [0.5, 0.6) is 5.75 Å². The van der Waals surface area contributed by atoms with Crippen molar-refractivity contribution in [1.29, 1.82) is 0 Å². The maximum atomic E-state index is 11.3. The van der Waals surface area contributed by atoms with Crippen molar-refractivity contribution in [2.75, 3.05) is 0 Å². The lowest BCUT2D eigenvalue weighted by molar-refractivity contribution is -0.00621. The lowest BCUT2D eigenvalue weighted by atomic mass is 9.72. The number of hydrogen-bond acceptors (Lipinski definition) is 1. The van der Waals surface area contributed by atoms with Gasteiger partial charge in [-0.3, -0.25) is 4.94 Å². The fourth-order valence-electron chi connectivity index (χ4n) is 2.45. The second-order valence-electron chi connectivity index (χ2n) is 6.23. The lowest BCUT2D eigenvalue weighted by Gasteiger charge is -2.33. The second kappa shape index (κ2) is 7.88. The normalized spacial score (nSPS) is 16.5. The predicted molar refractivity (Wildman–Crippen MR) is 81.9 cm³/mol. The fourth-order valence-corrected chi connectivity index (χ4v) is 2.72. The van der Waals surface area contributed by atoms with Crippen molar-refractivity contribution in [2.24, 2.45) is 11.3 Å². The average molecular weight is 331 g/mol. The molecule has 1 saturated carbocycles. The van der Waals surface area contributed by atoms with Crippen LogP contribution in [0.2, 0.25) is 0 Å². The fraction of sp³-hybridized carbons (Fsp3) is 0.625. The number of benzene rings is 1. The summed E-state index contributed by atoms with van der Waals surface area (Å²) < 4.78 is 12.2. The molecule has 19 heavy (non-hydrogen) atoms. The van der Waals surface area contributed by atoms with E-state index in [1.807, 2.05) is 0 Å². The molecule has 1 aromatic carbocycles. The van der Waals surface area contributed by atoms with Gasteiger partial charge < -0.3 is 0 Å². The molecule has 1 aromatic rings. The van der Waals surface area contributed by atoms with E-state index in [9.17, 15) is 4.53 Å². The van der Waals surface area contributed by atoms with Gasteiger partial charge in [-0.15, -0.1) is 0 Å². The van der Waals surface area contributed by atoms with Crippen LogP contribution in [-0.2, 0) is 0 Å². The average Bonchev–Trinajstić information content (AvgIpc) is 2.40. The molecule has 1 nitrogen and oxygen atoms in total. The molecule has 0 atom stereocenters. The summed E-state index contributed by atoms with van der Waals surface area (Å²) >= 11 is 3.20. The van der Waals surface area contributed by atoms with E-state index >= 15 is 0 Å². The van der Waals surface area contributed by atoms with Crippen LogP contribution in [0.1, 0.15) is 52.9 Å². The molecule has 1 aliphatic carbocycles. The first kappa shape index (κ1) is 16.5. The minimum Gasteiger partial charge on any atom is -0.294 e. The Balaban J connectivity index is 0.000000191. The molecule has 0 aromatic heterocycles. The zero-order chi connectivity index (χ0) is 14.3. The molecule has 0 aliphatic heterocycles. The Morgan fingerprint density at radius 3 is 1.95 bits per heavy atom. The van der Waals surface area contributed by atoms with E-state index in [4.69, 9.17) is 0 Å². The summed E-state index contributed by atoms with van der Waals surface area (Å²) in [5.74, 6) is 1.22. The zero-order valence-electron chi connectivity index (χ0n) is 12.1. The predicted octanol–water partition coefficient (Wildman–Crippen LogP) is 6.33. The number of rotatable bonds is 1. The molecule has 0 bridgehead atoms. The molecule has 1 aliphatic rings. The quantitative estimate of drug-likeness (QED) is 0.584. The summed E-state index contributed by atoms with van der Waals surface area (Å²) in [6.45, 7) is 7.13. The molecule has 0 amide bonds. The molecule has 1 fully saturated rings. The van der Waals surface area contributed by atoms with Crippen molar-refractivity contribution in [3.63, 3.8) is 0 Å². The van der Waals surface area contributed by atoms with Crippen molar-refractivity contribution in [2.45, 2.75) is 52.9 Å². The Hall–Kier alpha value is -0.570. The van der Waals surface area contributed by atoms with E-state index in [1.54, 1.807) is 12.1 Å². The third-order valence-electron chi connectivity index (χ3n) is 3.73. The zero-order valence-corrected chi connectivity index (χ0v) is 13.7. The molecule has 2 rings (SSSR count). The summed E-state index contributed by atoms with van der Waals surface area (Å²) in [6.07, 6.45) is 7.38. The Kier molecular flexibility index (Phi) is 6.84. The van der Waals surface area contributed by atoms with Gasteiger partial charge in [0.15, 0.2) is 5.75 Å². The van der Waals surface area contributed by atoms with Gasteiger partial charge in [-0.1, -0.05) is 56.0 Å². The molecule has 0 heterocycles. The van der Waals surface area contributed by atoms with E-state index in [0.717, 1.165) is 10.4 Å². The highest BCUT2D eigenvalue weighted by Gasteiger charge is 2.25. The van der Waals surface area contributed by atoms with E-state index in [0.29, 0.717) is 5.41 Å². The molecule has 0 radical (unpaired) electrons. The molecule has 3 heteroatoms. The van der Waals surface area contributed by atoms with Crippen molar-refractivity contribution >= 4 is 15.9 Å². The SMILES string of the molecule is CC(C)(C)C1CCCCC1.FOc1ccc(Br)cc1. The summed E-state index contributed by atoms with van der Waals surface area (Å²) in [7, 11) is 0. The Morgan fingerprint density at radius 2 is 1.58 bits per heavy atom. The van der Waals surface area contributed by atoms with Crippen LogP contribution >= 0.6 is 15.9 Å². The molecule has 0 spiro atoms. The lowest BCUT2D eigenvalue weighted by Crippen LogP contribution is -2.22. The first-order valence-electron chi connectivity index (χ1n) is 6.97. The third-order valence-corrected chi connectivity index (χ3v) is 4.26. The van der Waals surface area contributed by atoms with Gasteiger partial charge in [0, 0.05) is 9.00 Å². The van der Waals surface area contributed by atoms with Gasteiger partial charge in [-0.25, -0.2) is 0 Å². The van der Waals surface area contributed by atoms with Gasteiger partial charge in [0.05, 0.1) is 0 Å².